The van der Waals surface area contributed by atoms with Crippen LogP contribution in [0.2, 0.25) is 0 Å². The fourth-order valence-electron chi connectivity index (χ4n) is 9.40. The number of fused-ring (bicyclic) bond motifs is 7. The maximum absolute atomic E-state index is 16.0. The summed E-state index contributed by atoms with van der Waals surface area (Å²) >= 11 is 0. The van der Waals surface area contributed by atoms with Crippen molar-refractivity contribution in [1.82, 2.24) is 29.9 Å². The summed E-state index contributed by atoms with van der Waals surface area (Å²) in [7, 11) is 1.80. The third-order valence-electron chi connectivity index (χ3n) is 12.7. The molecule has 7 heterocycles. The smallest absolute Gasteiger partial charge is 0.280 e. The van der Waals surface area contributed by atoms with E-state index in [1.54, 1.807) is 41.9 Å². The van der Waals surface area contributed by atoms with Crippen LogP contribution in [0.4, 0.5) is 30.2 Å². The first-order chi connectivity index (χ1) is 30.3. The van der Waals surface area contributed by atoms with E-state index in [0.29, 0.717) is 105 Å². The number of piperazine rings is 1. The summed E-state index contributed by atoms with van der Waals surface area (Å²) in [6.07, 6.45) is 3.78. The second-order valence-electron chi connectivity index (χ2n) is 17.3. The van der Waals surface area contributed by atoms with Crippen molar-refractivity contribution in [1.29, 1.82) is 0 Å². The van der Waals surface area contributed by atoms with E-state index in [9.17, 15) is 19.2 Å². The van der Waals surface area contributed by atoms with Crippen molar-refractivity contribution in [2.75, 3.05) is 67.5 Å². The molecule has 0 saturated carbocycles. The zero-order valence-corrected chi connectivity index (χ0v) is 35.4. The Hall–Kier alpha value is -6.30. The van der Waals surface area contributed by atoms with Gasteiger partial charge in [-0.15, -0.1) is 0 Å². The van der Waals surface area contributed by atoms with Crippen LogP contribution in [0.25, 0.3) is 11.3 Å². The first-order valence-corrected chi connectivity index (χ1v) is 21.5. The number of piperidine rings is 1. The van der Waals surface area contributed by atoms with Gasteiger partial charge < -0.3 is 24.8 Å². The quantitative estimate of drug-likeness (QED) is 0.256. The van der Waals surface area contributed by atoms with E-state index in [2.05, 4.69) is 37.5 Å². The van der Waals surface area contributed by atoms with Crippen LogP contribution in [0.1, 0.15) is 72.1 Å². The van der Waals surface area contributed by atoms with E-state index >= 15 is 13.2 Å². The number of halogens is 3. The topological polar surface area (TPSA) is 158 Å². The number of carbonyl (C=O) groups is 4. The number of nitrogens with one attached hydrogen (secondary N) is 2. The van der Waals surface area contributed by atoms with Gasteiger partial charge in [0.05, 0.1) is 41.6 Å². The number of pyridine rings is 1. The number of rotatable bonds is 5. The first-order valence-electron chi connectivity index (χ1n) is 21.5. The minimum Gasteiger partial charge on any atom is -0.477 e. The maximum atomic E-state index is 16.0. The number of aromatic nitrogens is 3. The van der Waals surface area contributed by atoms with Gasteiger partial charge in [-0.3, -0.25) is 34.4 Å². The number of aliphatic imine (C=N–C) groups is 1. The minimum absolute atomic E-state index is 0.00585. The average Bonchev–Trinajstić information content (AvgIpc) is 3.97. The number of aryl methyl sites for hydroxylation is 2. The highest BCUT2D eigenvalue weighted by molar-refractivity contribution is 6.19. The normalized spacial score (nSPS) is 22.8. The molecule has 63 heavy (non-hydrogen) atoms. The minimum atomic E-state index is -1.08. The lowest BCUT2D eigenvalue weighted by atomic mass is 9.89. The van der Waals surface area contributed by atoms with Gasteiger partial charge in [0.15, 0.2) is 0 Å². The Labute approximate surface area is 362 Å². The van der Waals surface area contributed by atoms with Crippen molar-refractivity contribution in [3.05, 3.63) is 82.4 Å². The standard InChI is InChI=1S/C45H49F3N10O5/c1-25-5-4-14-63-44-32(21-49-54(44)3)36-18-29(15-26(2)50-36)41(60)53-45-52-40-35(48)16-27(17-37(40)58(45)22-25)23-55-10-12-56(13-11-55)43(62)28-8-9-57(24-28)30-19-33(46)39(34(47)20-30)31-6-7-38(59)51-42(31)61/h15-21,25,28,31H,4-14,22-24H2,1-3H3,(H,51,59,61)(H,52,53,60)/t25-,28-,31-/m1/s1. The van der Waals surface area contributed by atoms with Gasteiger partial charge in [0.1, 0.15) is 23.1 Å². The van der Waals surface area contributed by atoms with E-state index < -0.39 is 41.1 Å². The van der Waals surface area contributed by atoms with Gasteiger partial charge in [-0.05, 0) is 80.5 Å². The number of nitrogens with zero attached hydrogens (tertiary/aromatic N) is 8. The molecule has 2 N–H and O–H groups in total. The molecule has 0 aliphatic carbocycles. The van der Waals surface area contributed by atoms with Gasteiger partial charge >= 0.3 is 0 Å². The molecule has 4 amide bonds. The molecule has 0 spiro atoms. The van der Waals surface area contributed by atoms with E-state index in [1.807, 2.05) is 15.9 Å². The Kier molecular flexibility index (Phi) is 11.4. The number of amides is 4. The van der Waals surface area contributed by atoms with E-state index in [-0.39, 0.29) is 47.8 Å². The SMILES string of the molecule is Cc1cc2cc(n1)-c1cnn(C)c1OCCC[C@@H](C)CN1/C(=N/C2=O)Nc2c(F)cc(CN3CCN(C(=O)[C@@H]4CCN(c5cc(F)c([C@H]6CCC(=O)NC6=O)c(F)c5)C4)CC3)cc21. The summed E-state index contributed by atoms with van der Waals surface area (Å²) in [5.74, 6) is -4.37. The molecule has 0 radical (unpaired) electrons. The van der Waals surface area contributed by atoms with Crippen LogP contribution in [0.5, 0.6) is 5.88 Å². The largest absolute Gasteiger partial charge is 0.477 e. The van der Waals surface area contributed by atoms with Crippen LogP contribution in [0.3, 0.4) is 0 Å². The van der Waals surface area contributed by atoms with Gasteiger partial charge in [0.2, 0.25) is 29.6 Å². The van der Waals surface area contributed by atoms with Crippen molar-refractivity contribution < 1.29 is 37.1 Å². The molecule has 4 aromatic rings. The Morgan fingerprint density at radius 1 is 0.905 bits per heavy atom. The molecule has 5 aliphatic heterocycles. The highest BCUT2D eigenvalue weighted by atomic mass is 19.1. The predicted molar refractivity (Wildman–Crippen MR) is 228 cm³/mol. The second kappa shape index (κ2) is 17.1. The molecule has 3 fully saturated rings. The summed E-state index contributed by atoms with van der Waals surface area (Å²) in [5.41, 5.74) is 3.71. The Morgan fingerprint density at radius 3 is 2.44 bits per heavy atom. The summed E-state index contributed by atoms with van der Waals surface area (Å²) in [6, 6.07) is 9.18. The highest BCUT2D eigenvalue weighted by Crippen LogP contribution is 2.39. The van der Waals surface area contributed by atoms with Crippen molar-refractivity contribution in [3.8, 4) is 17.1 Å². The summed E-state index contributed by atoms with van der Waals surface area (Å²) in [4.78, 5) is 68.2. The van der Waals surface area contributed by atoms with Crippen LogP contribution in [-0.4, -0.2) is 107 Å². The number of imide groups is 1. The van der Waals surface area contributed by atoms with Gasteiger partial charge in [0, 0.05) is 88.3 Å². The third kappa shape index (κ3) is 8.47. The number of hydrogen-bond donors (Lipinski definition) is 2. The lowest BCUT2D eigenvalue weighted by molar-refractivity contribution is -0.137. The van der Waals surface area contributed by atoms with Gasteiger partial charge in [0.25, 0.3) is 5.91 Å². The Bertz CT molecular complexity index is 2510. The molecule has 2 bridgehead atoms. The monoisotopic (exact) mass is 866 g/mol. The van der Waals surface area contributed by atoms with Crippen LogP contribution in [-0.2, 0) is 28.0 Å². The summed E-state index contributed by atoms with van der Waals surface area (Å²) < 4.78 is 54.4. The molecule has 2 aromatic heterocycles. The lowest BCUT2D eigenvalue weighted by Crippen LogP contribution is -2.50. The lowest BCUT2D eigenvalue weighted by Gasteiger charge is -2.36. The van der Waals surface area contributed by atoms with Crippen molar-refractivity contribution >= 4 is 46.7 Å². The van der Waals surface area contributed by atoms with Crippen molar-refractivity contribution in [2.45, 2.75) is 58.4 Å². The van der Waals surface area contributed by atoms with Crippen LogP contribution >= 0.6 is 0 Å². The molecule has 15 nitrogen and oxygen atoms in total. The third-order valence-corrected chi connectivity index (χ3v) is 12.7. The van der Waals surface area contributed by atoms with Crippen LogP contribution in [0, 0.1) is 36.2 Å². The molecule has 3 atom stereocenters. The fraction of sp³-hybridized carbons (Fsp3) is 0.444. The van der Waals surface area contributed by atoms with E-state index in [1.165, 1.54) is 18.2 Å². The number of hydrogen-bond acceptors (Lipinski definition) is 11. The number of ether oxygens (including phenoxy) is 1. The number of benzene rings is 2. The molecular weight excluding hydrogens is 818 g/mol. The molecular formula is C45H49F3N10O5. The molecule has 2 aromatic carbocycles. The number of carbonyl (C=O) groups excluding carboxylic acids is 4. The Morgan fingerprint density at radius 2 is 1.68 bits per heavy atom. The average molecular weight is 867 g/mol. The number of guanidine groups is 1. The molecule has 9 rings (SSSR count). The van der Waals surface area contributed by atoms with E-state index in [4.69, 9.17) is 4.74 Å². The van der Waals surface area contributed by atoms with Crippen LogP contribution < -0.4 is 25.2 Å². The summed E-state index contributed by atoms with van der Waals surface area (Å²) in [5, 5.41) is 9.63. The fourth-order valence-corrected chi connectivity index (χ4v) is 9.40. The van der Waals surface area contributed by atoms with Gasteiger partial charge in [-0.25, -0.2) is 17.9 Å². The molecule has 0 unspecified atom stereocenters. The second-order valence-corrected chi connectivity index (χ2v) is 17.3. The van der Waals surface area contributed by atoms with Crippen molar-refractivity contribution in [2.24, 2.45) is 23.9 Å². The van der Waals surface area contributed by atoms with Crippen LogP contribution in [0.15, 0.2) is 47.6 Å². The molecule has 330 valence electrons. The van der Waals surface area contributed by atoms with Crippen molar-refractivity contribution in [3.63, 3.8) is 0 Å². The first kappa shape index (κ1) is 42.0. The molecule has 5 aliphatic rings. The predicted octanol–water partition coefficient (Wildman–Crippen LogP) is 5.14. The molecule has 3 saturated heterocycles. The Balaban J connectivity index is 0.855. The number of anilines is 3. The summed E-state index contributed by atoms with van der Waals surface area (Å²) in [6.45, 7) is 8.08. The zero-order valence-electron chi connectivity index (χ0n) is 35.4. The van der Waals surface area contributed by atoms with Gasteiger partial charge in [-0.2, -0.15) is 10.1 Å². The van der Waals surface area contributed by atoms with Gasteiger partial charge in [-0.1, -0.05) is 6.92 Å². The van der Waals surface area contributed by atoms with E-state index in [0.717, 1.165) is 18.4 Å². The maximum Gasteiger partial charge on any atom is 0.280 e. The highest BCUT2D eigenvalue weighted by Gasteiger charge is 2.37. The zero-order chi connectivity index (χ0) is 44.1. The molecule has 18 heteroatoms.